The molecule has 0 amide bonds. The van der Waals surface area contributed by atoms with Crippen molar-refractivity contribution < 1.29 is 22.5 Å². The van der Waals surface area contributed by atoms with Gasteiger partial charge in [-0.15, -0.1) is 0 Å². The van der Waals surface area contributed by atoms with Crippen LogP contribution in [0, 0.1) is 5.92 Å². The Morgan fingerprint density at radius 3 is 2.10 bits per heavy atom. The Kier molecular flexibility index (Phi) is 5.21. The summed E-state index contributed by atoms with van der Waals surface area (Å²) in [6.07, 6.45) is -3.06. The van der Waals surface area contributed by atoms with Crippen molar-refractivity contribution >= 4 is 9.73 Å². The first-order valence-electron chi connectivity index (χ1n) is 6.07. The van der Waals surface area contributed by atoms with Gasteiger partial charge in [0.15, 0.2) is 0 Å². The number of hydrogen-bond acceptors (Lipinski definition) is 3. The van der Waals surface area contributed by atoms with Crippen LogP contribution in [0.2, 0.25) is 0 Å². The number of hydrogen-bond donors (Lipinski definition) is 1. The van der Waals surface area contributed by atoms with Crippen molar-refractivity contribution in [2.75, 3.05) is 12.9 Å². The molecule has 0 aliphatic carbocycles. The van der Waals surface area contributed by atoms with Crippen LogP contribution in [0.3, 0.4) is 0 Å². The van der Waals surface area contributed by atoms with E-state index in [4.69, 9.17) is 0 Å². The van der Waals surface area contributed by atoms with E-state index in [2.05, 4.69) is 4.36 Å². The Hall–Kier alpha value is -1.08. The number of rotatable bonds is 4. The van der Waals surface area contributed by atoms with Crippen LogP contribution in [-0.2, 0) is 15.9 Å². The number of alkyl halides is 3. The van der Waals surface area contributed by atoms with Crippen molar-refractivity contribution in [1.29, 1.82) is 0 Å². The Morgan fingerprint density at radius 1 is 1.25 bits per heavy atom. The van der Waals surface area contributed by atoms with Gasteiger partial charge in [-0.3, -0.25) is 0 Å². The zero-order valence-corrected chi connectivity index (χ0v) is 12.3. The quantitative estimate of drug-likeness (QED) is 0.928. The lowest BCUT2D eigenvalue weighted by atomic mass is 10.1. The summed E-state index contributed by atoms with van der Waals surface area (Å²) in [5.74, 6) is -0.00442. The van der Waals surface area contributed by atoms with Crippen molar-refractivity contribution in [3.05, 3.63) is 29.8 Å². The van der Waals surface area contributed by atoms with E-state index in [0.29, 0.717) is 0 Å². The lowest BCUT2D eigenvalue weighted by Gasteiger charge is -2.16. The highest BCUT2D eigenvalue weighted by atomic mass is 32.2. The van der Waals surface area contributed by atoms with Gasteiger partial charge >= 0.3 is 6.18 Å². The van der Waals surface area contributed by atoms with E-state index in [9.17, 15) is 22.5 Å². The van der Waals surface area contributed by atoms with Gasteiger partial charge in [-0.25, -0.2) is 8.57 Å². The molecule has 0 aliphatic rings. The maximum absolute atomic E-state index is 12.5. The van der Waals surface area contributed by atoms with Crippen LogP contribution >= 0.6 is 0 Å². The van der Waals surface area contributed by atoms with E-state index in [0.717, 1.165) is 12.1 Å². The highest BCUT2D eigenvalue weighted by Crippen LogP contribution is 2.30. The first-order chi connectivity index (χ1) is 9.08. The van der Waals surface area contributed by atoms with Crippen LogP contribution in [0.15, 0.2) is 33.5 Å². The maximum Gasteiger partial charge on any atom is 0.416 e. The lowest BCUT2D eigenvalue weighted by molar-refractivity contribution is -0.137. The summed E-state index contributed by atoms with van der Waals surface area (Å²) in [6.45, 7) is 3.41. The molecule has 2 atom stereocenters. The summed E-state index contributed by atoms with van der Waals surface area (Å²) in [6, 6.07) is 3.61. The number of benzene rings is 1. The van der Waals surface area contributed by atoms with Gasteiger partial charge < -0.3 is 5.11 Å². The molecule has 0 saturated carbocycles. The molecule has 2 unspecified atom stereocenters. The number of halogens is 3. The van der Waals surface area contributed by atoms with Crippen LogP contribution in [0.4, 0.5) is 13.2 Å². The molecular formula is C13H18F3NO2S. The van der Waals surface area contributed by atoms with Crippen LogP contribution in [0.25, 0.3) is 0 Å². The maximum atomic E-state index is 12.5. The van der Waals surface area contributed by atoms with Crippen molar-refractivity contribution in [2.24, 2.45) is 10.3 Å². The van der Waals surface area contributed by atoms with Crippen molar-refractivity contribution in [3.63, 3.8) is 0 Å². The number of aliphatic hydroxyl groups excluding tert-OH is 1. The van der Waals surface area contributed by atoms with Crippen LogP contribution in [0.5, 0.6) is 0 Å². The van der Waals surface area contributed by atoms with E-state index < -0.39 is 27.5 Å². The normalized spacial score (nSPS) is 16.8. The SMILES string of the molecule is CC(C)C(CO)N=S(C)(=O)c1ccc(C(F)(F)F)cc1. The Morgan fingerprint density at radius 2 is 1.75 bits per heavy atom. The van der Waals surface area contributed by atoms with E-state index in [1.165, 1.54) is 18.4 Å². The molecule has 0 aromatic heterocycles. The zero-order valence-electron chi connectivity index (χ0n) is 11.5. The molecule has 0 spiro atoms. The lowest BCUT2D eigenvalue weighted by Crippen LogP contribution is -2.19. The predicted molar refractivity (Wildman–Crippen MR) is 71.9 cm³/mol. The minimum Gasteiger partial charge on any atom is -0.394 e. The van der Waals surface area contributed by atoms with Gasteiger partial charge in [0.1, 0.15) is 0 Å². The van der Waals surface area contributed by atoms with E-state index in [-0.39, 0.29) is 17.4 Å². The average Bonchev–Trinajstić information content (AvgIpc) is 2.35. The molecule has 7 heteroatoms. The summed E-state index contributed by atoms with van der Waals surface area (Å²) in [7, 11) is -2.83. The molecule has 0 heterocycles. The zero-order chi connectivity index (χ0) is 15.6. The minimum absolute atomic E-state index is 0.00442. The summed E-state index contributed by atoms with van der Waals surface area (Å²) >= 11 is 0. The second-order valence-corrected chi connectivity index (χ2v) is 7.21. The van der Waals surface area contributed by atoms with Crippen molar-refractivity contribution in [1.82, 2.24) is 0 Å². The summed E-state index contributed by atoms with van der Waals surface area (Å²) in [5.41, 5.74) is -0.793. The molecule has 114 valence electrons. The second kappa shape index (κ2) is 6.13. The highest BCUT2D eigenvalue weighted by Gasteiger charge is 2.30. The van der Waals surface area contributed by atoms with Gasteiger partial charge in [0, 0.05) is 11.2 Å². The number of aliphatic hydroxyl groups is 1. The molecule has 20 heavy (non-hydrogen) atoms. The van der Waals surface area contributed by atoms with Gasteiger partial charge in [-0.05, 0) is 30.2 Å². The Balaban J connectivity index is 3.16. The minimum atomic E-state index is -4.42. The fourth-order valence-corrected chi connectivity index (χ4v) is 3.17. The van der Waals surface area contributed by atoms with Gasteiger partial charge in [0.25, 0.3) is 0 Å². The van der Waals surface area contributed by atoms with Gasteiger partial charge in [-0.2, -0.15) is 13.2 Å². The first kappa shape index (κ1) is 17.0. The first-order valence-corrected chi connectivity index (χ1v) is 7.99. The molecule has 0 bridgehead atoms. The van der Waals surface area contributed by atoms with Gasteiger partial charge in [0.2, 0.25) is 0 Å². The fourth-order valence-electron chi connectivity index (χ4n) is 1.58. The summed E-state index contributed by atoms with van der Waals surface area (Å²) in [5, 5.41) is 9.19. The van der Waals surface area contributed by atoms with Crippen molar-refractivity contribution in [3.8, 4) is 0 Å². The Bertz CT molecular complexity index is 558. The van der Waals surface area contributed by atoms with E-state index in [1.54, 1.807) is 0 Å². The molecular weight excluding hydrogens is 291 g/mol. The predicted octanol–water partition coefficient (Wildman–Crippen LogP) is 3.18. The van der Waals surface area contributed by atoms with Crippen molar-refractivity contribution in [2.45, 2.75) is 31.0 Å². The third kappa shape index (κ3) is 4.21. The van der Waals surface area contributed by atoms with Crippen LogP contribution in [-0.4, -0.2) is 28.2 Å². The molecule has 3 nitrogen and oxygen atoms in total. The molecule has 1 aromatic carbocycles. The molecule has 0 saturated heterocycles. The molecule has 1 rings (SSSR count). The van der Waals surface area contributed by atoms with E-state index in [1.807, 2.05) is 13.8 Å². The Labute approximate surface area is 117 Å². The number of nitrogens with zero attached hydrogens (tertiary/aromatic N) is 1. The molecule has 0 fully saturated rings. The summed E-state index contributed by atoms with van der Waals surface area (Å²) in [4.78, 5) is 0.226. The van der Waals surface area contributed by atoms with Gasteiger partial charge in [0.05, 0.1) is 27.9 Å². The molecule has 1 aromatic rings. The third-order valence-corrected chi connectivity index (χ3v) is 4.73. The monoisotopic (exact) mass is 309 g/mol. The topological polar surface area (TPSA) is 49.7 Å². The van der Waals surface area contributed by atoms with Gasteiger partial charge in [-0.1, -0.05) is 13.8 Å². The average molecular weight is 309 g/mol. The second-order valence-electron chi connectivity index (χ2n) is 4.92. The van der Waals surface area contributed by atoms with E-state index >= 15 is 0 Å². The largest absolute Gasteiger partial charge is 0.416 e. The molecule has 1 N–H and O–H groups in total. The molecule has 0 aliphatic heterocycles. The van der Waals surface area contributed by atoms with Crippen LogP contribution < -0.4 is 0 Å². The standard InChI is InChI=1S/C13H18F3NO2S/c1-9(2)12(8-18)17-20(3,19)11-6-4-10(5-7-11)13(14,15)16/h4-7,9,12,18H,8H2,1-3H3. The summed E-state index contributed by atoms with van der Waals surface area (Å²) < 4.78 is 53.9. The highest BCUT2D eigenvalue weighted by molar-refractivity contribution is 7.93. The fraction of sp³-hybridized carbons (Fsp3) is 0.538. The smallest absolute Gasteiger partial charge is 0.394 e. The van der Waals surface area contributed by atoms with Crippen LogP contribution in [0.1, 0.15) is 19.4 Å². The molecule has 0 radical (unpaired) electrons. The third-order valence-electron chi connectivity index (χ3n) is 2.91.